The molecule has 2 aliphatic carbocycles. The Bertz CT molecular complexity index is 881. The summed E-state index contributed by atoms with van der Waals surface area (Å²) in [7, 11) is -2.38. The second-order valence-corrected chi connectivity index (χ2v) is 19.7. The van der Waals surface area contributed by atoms with Gasteiger partial charge in [-0.25, -0.2) is 0 Å². The average Bonchev–Trinajstić information content (AvgIpc) is 3.21. The van der Waals surface area contributed by atoms with Crippen LogP contribution in [0.15, 0.2) is 37.0 Å². The van der Waals surface area contributed by atoms with E-state index in [4.69, 9.17) is 13.6 Å². The Hall–Kier alpha value is -0.956. The van der Waals surface area contributed by atoms with E-state index in [1.165, 1.54) is 6.92 Å². The van der Waals surface area contributed by atoms with Crippen molar-refractivity contribution in [2.24, 2.45) is 34.0 Å². The molecule has 2 saturated carbocycles. The lowest BCUT2D eigenvalue weighted by atomic mass is 9.62. The first-order chi connectivity index (χ1) is 17.9. The minimum Gasteiger partial charge on any atom is -0.455 e. The lowest BCUT2D eigenvalue weighted by molar-refractivity contribution is -0.155. The van der Waals surface area contributed by atoms with Gasteiger partial charge >= 0.3 is 5.97 Å². The van der Waals surface area contributed by atoms with Crippen LogP contribution in [-0.2, 0) is 18.4 Å². The van der Waals surface area contributed by atoms with E-state index in [1.54, 1.807) is 0 Å². The maximum Gasteiger partial charge on any atom is 0.303 e. The molecule has 0 amide bonds. The number of esters is 1. The number of hydrogen-bond donors (Lipinski definition) is 0. The summed E-state index contributed by atoms with van der Waals surface area (Å²) in [5.41, 5.74) is 0.777. The second-order valence-electron chi connectivity index (χ2n) is 15.0. The molecule has 0 radical (unpaired) electrons. The first kappa shape index (κ1) is 34.2. The van der Waals surface area contributed by atoms with E-state index in [2.05, 4.69) is 99.1 Å². The second kappa shape index (κ2) is 13.3. The molecule has 6 atom stereocenters. The molecule has 2 aliphatic rings. The Labute approximate surface area is 244 Å². The number of fused-ring (bicyclic) bond motifs is 1. The quantitative estimate of drug-likeness (QED) is 0.0958. The maximum atomic E-state index is 12.2. The average molecular weight is 577 g/mol. The first-order valence-corrected chi connectivity index (χ1v) is 20.9. The number of ether oxygens (including phenoxy) is 1. The summed E-state index contributed by atoms with van der Waals surface area (Å²) in [6, 6.07) is 0. The number of carbonyl (C=O) groups excluding carboxylic acids is 1. The molecule has 2 rings (SSSR count). The van der Waals surface area contributed by atoms with Gasteiger partial charge in [0.1, 0.15) is 5.60 Å². The standard InChI is InChI=1S/C33H60O4Si2/c1-14-32(31(7,8)9,19-15-16-21-35-38(10)11)20-17-18-26-27-22-24(2)29(36-25(3)34)33(27,37-39(12)13)23-28(26)30(4,5)6/h14,17-18,26-29,38-39H,1-2,15-16,19-23H2,3-13H3/t26-,27+,28-,29?,32?,33+/m1/s1. The molecule has 2 unspecified atom stereocenters. The molecule has 0 spiro atoms. The van der Waals surface area contributed by atoms with E-state index in [9.17, 15) is 4.79 Å². The van der Waals surface area contributed by atoms with Crippen molar-refractivity contribution in [1.82, 2.24) is 0 Å². The van der Waals surface area contributed by atoms with Gasteiger partial charge < -0.3 is 13.6 Å². The molecule has 2 fully saturated rings. The number of unbranched alkanes of at least 4 members (excludes halogenated alkanes) is 1. The first-order valence-electron chi connectivity index (χ1n) is 15.3. The van der Waals surface area contributed by atoms with Crippen LogP contribution in [0.2, 0.25) is 26.2 Å². The molecule has 0 N–H and O–H groups in total. The molecule has 224 valence electrons. The van der Waals surface area contributed by atoms with Gasteiger partial charge in [-0.3, -0.25) is 4.79 Å². The van der Waals surface area contributed by atoms with Gasteiger partial charge in [0.2, 0.25) is 0 Å². The third kappa shape index (κ3) is 8.08. The molecule has 6 heteroatoms. The predicted molar refractivity (Wildman–Crippen MR) is 171 cm³/mol. The summed E-state index contributed by atoms with van der Waals surface area (Å²) < 4.78 is 18.8. The fourth-order valence-electron chi connectivity index (χ4n) is 7.29. The van der Waals surface area contributed by atoms with Crippen LogP contribution >= 0.6 is 0 Å². The number of allylic oxidation sites excluding steroid dienone is 3. The highest BCUT2D eigenvalue weighted by Crippen LogP contribution is 2.62. The Balaban J connectivity index is 2.38. The summed E-state index contributed by atoms with van der Waals surface area (Å²) in [6.45, 7) is 34.1. The lowest BCUT2D eigenvalue weighted by Crippen LogP contribution is -2.48. The molecule has 0 saturated heterocycles. The smallest absolute Gasteiger partial charge is 0.303 e. The van der Waals surface area contributed by atoms with Gasteiger partial charge in [-0.05, 0) is 91.9 Å². The molecule has 0 aromatic heterocycles. The molecule has 39 heavy (non-hydrogen) atoms. The number of carbonyl (C=O) groups is 1. The minimum absolute atomic E-state index is 0.0204. The van der Waals surface area contributed by atoms with Crippen LogP contribution in [0.25, 0.3) is 0 Å². The summed E-state index contributed by atoms with van der Waals surface area (Å²) in [6.07, 6.45) is 12.9. The Morgan fingerprint density at radius 3 is 2.21 bits per heavy atom. The normalized spacial score (nSPS) is 29.3. The third-order valence-electron chi connectivity index (χ3n) is 9.44. The topological polar surface area (TPSA) is 44.8 Å². The molecular formula is C33H60O4Si2. The van der Waals surface area contributed by atoms with E-state index in [0.717, 1.165) is 50.7 Å². The molecule has 4 nitrogen and oxygen atoms in total. The molecule has 0 aromatic rings. The van der Waals surface area contributed by atoms with Crippen molar-refractivity contribution < 1.29 is 18.4 Å². The monoisotopic (exact) mass is 576 g/mol. The number of rotatable bonds is 13. The molecule has 0 bridgehead atoms. The van der Waals surface area contributed by atoms with E-state index in [-0.39, 0.29) is 34.2 Å². The van der Waals surface area contributed by atoms with E-state index in [1.807, 2.05) is 0 Å². The van der Waals surface area contributed by atoms with Crippen molar-refractivity contribution in [3.05, 3.63) is 37.0 Å². The van der Waals surface area contributed by atoms with E-state index >= 15 is 0 Å². The summed E-state index contributed by atoms with van der Waals surface area (Å²) in [5.74, 6) is 0.808. The van der Waals surface area contributed by atoms with Crippen molar-refractivity contribution in [1.29, 1.82) is 0 Å². The van der Waals surface area contributed by atoms with E-state index < -0.39 is 23.7 Å². The van der Waals surface area contributed by atoms with Gasteiger partial charge in [0, 0.05) is 19.4 Å². The summed E-state index contributed by atoms with van der Waals surface area (Å²) >= 11 is 0. The van der Waals surface area contributed by atoms with Crippen LogP contribution in [0.5, 0.6) is 0 Å². The highest BCUT2D eigenvalue weighted by atomic mass is 28.3. The zero-order valence-corrected chi connectivity index (χ0v) is 29.5. The fourth-order valence-corrected chi connectivity index (χ4v) is 9.20. The van der Waals surface area contributed by atoms with Crippen LogP contribution in [-0.4, -0.2) is 42.4 Å². The molecule has 0 aromatic carbocycles. The van der Waals surface area contributed by atoms with Crippen molar-refractivity contribution in [2.75, 3.05) is 6.61 Å². The Morgan fingerprint density at radius 2 is 1.72 bits per heavy atom. The Kier molecular flexibility index (Phi) is 11.7. The predicted octanol–water partition coefficient (Wildman–Crippen LogP) is 8.25. The van der Waals surface area contributed by atoms with E-state index in [0.29, 0.717) is 11.8 Å². The molecule has 0 aliphatic heterocycles. The number of hydrogen-bond acceptors (Lipinski definition) is 4. The highest BCUT2D eigenvalue weighted by Gasteiger charge is 2.64. The third-order valence-corrected chi connectivity index (χ3v) is 11.2. The van der Waals surface area contributed by atoms with Crippen LogP contribution in [0, 0.1) is 34.0 Å². The van der Waals surface area contributed by atoms with Crippen LogP contribution < -0.4 is 0 Å². The van der Waals surface area contributed by atoms with Crippen molar-refractivity contribution >= 4 is 24.0 Å². The molecule has 0 heterocycles. The highest BCUT2D eigenvalue weighted by molar-refractivity contribution is 6.48. The zero-order chi connectivity index (χ0) is 29.8. The van der Waals surface area contributed by atoms with Gasteiger partial charge in [0.15, 0.2) is 24.2 Å². The zero-order valence-electron chi connectivity index (χ0n) is 27.2. The summed E-state index contributed by atoms with van der Waals surface area (Å²) in [5, 5.41) is 0. The minimum atomic E-state index is -1.41. The van der Waals surface area contributed by atoms with Crippen LogP contribution in [0.3, 0.4) is 0 Å². The van der Waals surface area contributed by atoms with Crippen molar-refractivity contribution in [3.63, 3.8) is 0 Å². The fraction of sp³-hybridized carbons (Fsp3) is 0.788. The van der Waals surface area contributed by atoms with Gasteiger partial charge in [-0.1, -0.05) is 72.8 Å². The maximum absolute atomic E-state index is 12.2. The van der Waals surface area contributed by atoms with Crippen LogP contribution in [0.4, 0.5) is 0 Å². The van der Waals surface area contributed by atoms with Gasteiger partial charge in [-0.15, -0.1) is 6.58 Å². The largest absolute Gasteiger partial charge is 0.455 e. The SMILES string of the molecule is C=CC(CC=C[C@H]1[C@H](C(C)(C)C)C[C@@]2(O[SiH](C)C)C(OC(C)=O)C(=C)C[C@@H]12)(CCCCO[SiH](C)C)C(C)(C)C. The Morgan fingerprint density at radius 1 is 1.08 bits per heavy atom. The van der Waals surface area contributed by atoms with Gasteiger partial charge in [-0.2, -0.15) is 0 Å². The van der Waals surface area contributed by atoms with Gasteiger partial charge in [0.25, 0.3) is 0 Å². The van der Waals surface area contributed by atoms with Crippen molar-refractivity contribution in [3.8, 4) is 0 Å². The van der Waals surface area contributed by atoms with Gasteiger partial charge in [0.05, 0.1) is 0 Å². The van der Waals surface area contributed by atoms with Crippen LogP contribution in [0.1, 0.15) is 87.0 Å². The van der Waals surface area contributed by atoms with Crippen molar-refractivity contribution in [2.45, 2.75) is 125 Å². The molecular weight excluding hydrogens is 517 g/mol. The summed E-state index contributed by atoms with van der Waals surface area (Å²) in [4.78, 5) is 12.2. The lowest BCUT2D eigenvalue weighted by Gasteiger charge is -2.43.